The molecule has 4 heteroatoms. The zero-order chi connectivity index (χ0) is 8.84. The van der Waals surface area contributed by atoms with Crippen LogP contribution < -0.4 is 5.43 Å². The van der Waals surface area contributed by atoms with Gasteiger partial charge < -0.3 is 4.74 Å². The summed E-state index contributed by atoms with van der Waals surface area (Å²) in [7, 11) is 0. The minimum Gasteiger partial charge on any atom is -0.374 e. The quantitative estimate of drug-likeness (QED) is 0.636. The van der Waals surface area contributed by atoms with Crippen molar-refractivity contribution in [1.29, 1.82) is 0 Å². The number of carbonyl (C=O) groups excluding carboxylic acids is 1. The lowest BCUT2D eigenvalue weighted by atomic mass is 9.85. The Morgan fingerprint density at radius 2 is 2.38 bits per heavy atom. The molecule has 2 bridgehead atoms. The summed E-state index contributed by atoms with van der Waals surface area (Å²) in [6.45, 7) is 0. The summed E-state index contributed by atoms with van der Waals surface area (Å²) >= 11 is 0. The fourth-order valence-corrected chi connectivity index (χ4v) is 2.58. The van der Waals surface area contributed by atoms with Crippen LogP contribution in [0.3, 0.4) is 0 Å². The zero-order valence-electron chi connectivity index (χ0n) is 7.32. The molecular formula is C9H12N2O2. The van der Waals surface area contributed by atoms with Gasteiger partial charge in [-0.2, -0.15) is 5.10 Å². The van der Waals surface area contributed by atoms with E-state index < -0.39 is 0 Å². The third-order valence-corrected chi connectivity index (χ3v) is 3.20. The summed E-state index contributed by atoms with van der Waals surface area (Å²) in [5.41, 5.74) is 3.51. The molecule has 70 valence electrons. The van der Waals surface area contributed by atoms with Gasteiger partial charge in [0.05, 0.1) is 24.3 Å². The Bertz CT molecular complexity index is 287. The van der Waals surface area contributed by atoms with E-state index in [1.165, 1.54) is 6.42 Å². The Hall–Kier alpha value is -0.900. The molecule has 3 unspecified atom stereocenters. The standard InChI is InChI=1S/C9H12N2O2/c12-9-4-7(10-11-9)6-3-5-1-2-8(6)13-5/h5-6,8H,1-4H2,(H,11,12). The van der Waals surface area contributed by atoms with E-state index >= 15 is 0 Å². The largest absolute Gasteiger partial charge is 0.374 e. The lowest BCUT2D eigenvalue weighted by Gasteiger charge is -2.16. The first-order valence-corrected chi connectivity index (χ1v) is 4.83. The molecule has 1 amide bonds. The van der Waals surface area contributed by atoms with Gasteiger partial charge in [0, 0.05) is 5.92 Å². The van der Waals surface area contributed by atoms with Crippen LogP contribution in [0, 0.1) is 5.92 Å². The molecule has 3 aliphatic rings. The van der Waals surface area contributed by atoms with Crippen molar-refractivity contribution < 1.29 is 9.53 Å². The molecule has 0 aromatic carbocycles. The molecule has 3 atom stereocenters. The van der Waals surface area contributed by atoms with Gasteiger partial charge in [-0.1, -0.05) is 0 Å². The molecule has 3 heterocycles. The predicted octanol–water partition coefficient (Wildman–Crippen LogP) is 0.430. The number of rotatable bonds is 1. The van der Waals surface area contributed by atoms with Crippen LogP contribution in [-0.4, -0.2) is 23.8 Å². The third kappa shape index (κ3) is 1.09. The van der Waals surface area contributed by atoms with Crippen molar-refractivity contribution >= 4 is 11.6 Å². The van der Waals surface area contributed by atoms with Gasteiger partial charge >= 0.3 is 0 Å². The molecule has 4 nitrogen and oxygen atoms in total. The Morgan fingerprint density at radius 1 is 1.46 bits per heavy atom. The van der Waals surface area contributed by atoms with Crippen LogP contribution >= 0.6 is 0 Å². The van der Waals surface area contributed by atoms with Crippen molar-refractivity contribution in [3.05, 3.63) is 0 Å². The molecule has 0 aromatic heterocycles. The number of nitrogens with one attached hydrogen (secondary N) is 1. The molecule has 0 aliphatic carbocycles. The summed E-state index contributed by atoms with van der Waals surface area (Å²) in [5, 5.41) is 4.05. The topological polar surface area (TPSA) is 50.7 Å². The average molecular weight is 180 g/mol. The zero-order valence-corrected chi connectivity index (χ0v) is 7.32. The molecule has 0 saturated carbocycles. The molecule has 0 spiro atoms. The van der Waals surface area contributed by atoms with Gasteiger partial charge in [-0.3, -0.25) is 4.79 Å². The maximum atomic E-state index is 10.9. The minimum atomic E-state index is 0.0257. The smallest absolute Gasteiger partial charge is 0.245 e. The highest BCUT2D eigenvalue weighted by atomic mass is 16.5. The normalized spacial score (nSPS) is 42.3. The van der Waals surface area contributed by atoms with Crippen molar-refractivity contribution in [2.75, 3.05) is 0 Å². The summed E-state index contributed by atoms with van der Waals surface area (Å²) in [6.07, 6.45) is 4.67. The van der Waals surface area contributed by atoms with E-state index in [4.69, 9.17) is 4.74 Å². The van der Waals surface area contributed by atoms with Gasteiger partial charge in [-0.15, -0.1) is 0 Å². The van der Waals surface area contributed by atoms with Crippen molar-refractivity contribution in [2.24, 2.45) is 11.0 Å². The van der Waals surface area contributed by atoms with Crippen LogP contribution in [0.1, 0.15) is 25.7 Å². The summed E-state index contributed by atoms with van der Waals surface area (Å²) in [6, 6.07) is 0. The van der Waals surface area contributed by atoms with Gasteiger partial charge in [-0.05, 0) is 19.3 Å². The van der Waals surface area contributed by atoms with Gasteiger partial charge in [0.25, 0.3) is 0 Å². The van der Waals surface area contributed by atoms with E-state index in [9.17, 15) is 4.79 Å². The fourth-order valence-electron chi connectivity index (χ4n) is 2.58. The molecule has 3 aliphatic heterocycles. The molecule has 1 N–H and O–H groups in total. The summed E-state index contributed by atoms with van der Waals surface area (Å²) in [4.78, 5) is 10.9. The van der Waals surface area contributed by atoms with Gasteiger partial charge in [0.2, 0.25) is 5.91 Å². The lowest BCUT2D eigenvalue weighted by molar-refractivity contribution is -0.119. The average Bonchev–Trinajstić information content (AvgIpc) is 2.77. The summed E-state index contributed by atoms with van der Waals surface area (Å²) < 4.78 is 5.71. The van der Waals surface area contributed by atoms with Gasteiger partial charge in [-0.25, -0.2) is 5.43 Å². The van der Waals surface area contributed by atoms with E-state index in [1.54, 1.807) is 0 Å². The second-order valence-electron chi connectivity index (χ2n) is 4.03. The van der Waals surface area contributed by atoms with Crippen LogP contribution in [0.4, 0.5) is 0 Å². The number of hydrogen-bond donors (Lipinski definition) is 1. The van der Waals surface area contributed by atoms with Crippen molar-refractivity contribution in [3.8, 4) is 0 Å². The third-order valence-electron chi connectivity index (χ3n) is 3.20. The van der Waals surface area contributed by atoms with Gasteiger partial charge in [0.1, 0.15) is 0 Å². The second kappa shape index (κ2) is 2.54. The number of fused-ring (bicyclic) bond motifs is 2. The number of hydrazone groups is 1. The second-order valence-corrected chi connectivity index (χ2v) is 4.03. The number of ether oxygens (including phenoxy) is 1. The van der Waals surface area contributed by atoms with E-state index in [1.807, 2.05) is 0 Å². The highest BCUT2D eigenvalue weighted by Crippen LogP contribution is 2.40. The monoisotopic (exact) mass is 180 g/mol. The molecule has 2 fully saturated rings. The van der Waals surface area contributed by atoms with Crippen molar-refractivity contribution in [1.82, 2.24) is 5.43 Å². The van der Waals surface area contributed by atoms with Crippen LogP contribution in [-0.2, 0) is 9.53 Å². The van der Waals surface area contributed by atoms with Gasteiger partial charge in [0.15, 0.2) is 0 Å². The minimum absolute atomic E-state index is 0.0257. The highest BCUT2D eigenvalue weighted by Gasteiger charge is 2.44. The van der Waals surface area contributed by atoms with E-state index in [-0.39, 0.29) is 5.91 Å². The van der Waals surface area contributed by atoms with Crippen LogP contribution in [0.25, 0.3) is 0 Å². The first-order chi connectivity index (χ1) is 6.33. The SMILES string of the molecule is O=C1CC(C2CC3CCC2O3)=NN1. The molecule has 13 heavy (non-hydrogen) atoms. The van der Waals surface area contributed by atoms with E-state index in [0.29, 0.717) is 24.5 Å². The molecule has 0 aromatic rings. The first-order valence-electron chi connectivity index (χ1n) is 4.83. The Balaban J connectivity index is 1.76. The molecule has 3 rings (SSSR count). The predicted molar refractivity (Wildman–Crippen MR) is 46.2 cm³/mol. The van der Waals surface area contributed by atoms with E-state index in [0.717, 1.165) is 18.6 Å². The van der Waals surface area contributed by atoms with Crippen LogP contribution in [0.2, 0.25) is 0 Å². The molecular weight excluding hydrogens is 168 g/mol. The lowest BCUT2D eigenvalue weighted by Crippen LogP contribution is -2.24. The molecule has 0 radical (unpaired) electrons. The number of carbonyl (C=O) groups is 1. The fraction of sp³-hybridized carbons (Fsp3) is 0.778. The maximum absolute atomic E-state index is 10.9. The number of nitrogens with zero attached hydrogens (tertiary/aromatic N) is 1. The van der Waals surface area contributed by atoms with Crippen molar-refractivity contribution in [3.63, 3.8) is 0 Å². The Labute approximate surface area is 76.3 Å². The molecule has 2 saturated heterocycles. The van der Waals surface area contributed by atoms with Crippen LogP contribution in [0.5, 0.6) is 0 Å². The first kappa shape index (κ1) is 7.50. The maximum Gasteiger partial charge on any atom is 0.245 e. The highest BCUT2D eigenvalue weighted by molar-refractivity contribution is 6.06. The number of hydrogen-bond acceptors (Lipinski definition) is 3. The summed E-state index contributed by atoms with van der Waals surface area (Å²) in [5.74, 6) is 0.440. The Morgan fingerprint density at radius 3 is 2.92 bits per heavy atom. The van der Waals surface area contributed by atoms with Crippen LogP contribution in [0.15, 0.2) is 5.10 Å². The van der Waals surface area contributed by atoms with Crippen molar-refractivity contribution in [2.45, 2.75) is 37.9 Å². The number of amides is 1. The van der Waals surface area contributed by atoms with E-state index in [2.05, 4.69) is 10.5 Å². The Kier molecular flexibility index (Phi) is 1.47.